The maximum absolute atomic E-state index is 5.17. The van der Waals surface area contributed by atoms with Crippen LogP contribution < -0.4 is 5.32 Å². The third kappa shape index (κ3) is 4.83. The highest BCUT2D eigenvalue weighted by molar-refractivity contribution is 4.90. The van der Waals surface area contributed by atoms with Crippen LogP contribution in [0.15, 0.2) is 4.52 Å². The van der Waals surface area contributed by atoms with E-state index in [0.717, 1.165) is 25.8 Å². The van der Waals surface area contributed by atoms with Crippen LogP contribution in [0.25, 0.3) is 0 Å². The maximum Gasteiger partial charge on any atom is 0.226 e. The molecule has 17 heavy (non-hydrogen) atoms. The highest BCUT2D eigenvalue weighted by atomic mass is 16.5. The second kappa shape index (κ2) is 7.40. The molecule has 2 unspecified atom stereocenters. The van der Waals surface area contributed by atoms with Crippen LogP contribution in [-0.2, 0) is 11.2 Å². The highest BCUT2D eigenvalue weighted by Crippen LogP contribution is 2.12. The Balaban J connectivity index is 2.34. The zero-order valence-electron chi connectivity index (χ0n) is 11.2. The number of ether oxygens (including phenoxy) is 1. The van der Waals surface area contributed by atoms with Gasteiger partial charge in [-0.1, -0.05) is 12.1 Å². The van der Waals surface area contributed by atoms with Crippen LogP contribution in [-0.4, -0.2) is 29.8 Å². The summed E-state index contributed by atoms with van der Waals surface area (Å²) in [5.41, 5.74) is 0. The molecule has 0 saturated carbocycles. The molecule has 0 aliphatic carbocycles. The molecule has 0 saturated heterocycles. The van der Waals surface area contributed by atoms with E-state index in [0.29, 0.717) is 17.8 Å². The lowest BCUT2D eigenvalue weighted by Crippen LogP contribution is -2.27. The quantitative estimate of drug-likeness (QED) is 0.755. The predicted molar refractivity (Wildman–Crippen MR) is 65.8 cm³/mol. The van der Waals surface area contributed by atoms with E-state index >= 15 is 0 Å². The fourth-order valence-electron chi connectivity index (χ4n) is 1.47. The Morgan fingerprint density at radius 1 is 1.41 bits per heavy atom. The van der Waals surface area contributed by atoms with E-state index in [1.807, 2.05) is 6.92 Å². The molecular formula is C12H23N3O2. The topological polar surface area (TPSA) is 60.2 Å². The number of rotatable bonds is 8. The molecule has 5 nitrogen and oxygen atoms in total. The van der Waals surface area contributed by atoms with Crippen molar-refractivity contribution < 1.29 is 9.26 Å². The Kier molecular flexibility index (Phi) is 6.15. The standard InChI is InChI=1S/C12H23N3O2/c1-5-8-13-9(2)6-7-11-14-12(15-17-11)10(3)16-4/h9-10,13H,5-8H2,1-4H3. The van der Waals surface area contributed by atoms with Gasteiger partial charge in [-0.05, 0) is 33.2 Å². The molecule has 0 aliphatic rings. The summed E-state index contributed by atoms with van der Waals surface area (Å²) in [7, 11) is 1.64. The maximum atomic E-state index is 5.17. The molecule has 0 bridgehead atoms. The molecule has 1 rings (SSSR count). The molecule has 0 fully saturated rings. The zero-order valence-corrected chi connectivity index (χ0v) is 11.2. The summed E-state index contributed by atoms with van der Waals surface area (Å²) in [4.78, 5) is 4.30. The van der Waals surface area contributed by atoms with Gasteiger partial charge in [-0.3, -0.25) is 0 Å². The first-order chi connectivity index (χ1) is 8.17. The van der Waals surface area contributed by atoms with Gasteiger partial charge in [0.1, 0.15) is 6.10 Å². The summed E-state index contributed by atoms with van der Waals surface area (Å²) >= 11 is 0. The molecule has 0 aliphatic heterocycles. The van der Waals surface area contributed by atoms with Gasteiger partial charge in [-0.15, -0.1) is 0 Å². The van der Waals surface area contributed by atoms with Crippen molar-refractivity contribution in [3.05, 3.63) is 11.7 Å². The summed E-state index contributed by atoms with van der Waals surface area (Å²) < 4.78 is 10.3. The van der Waals surface area contributed by atoms with E-state index < -0.39 is 0 Å². The third-order valence-electron chi connectivity index (χ3n) is 2.73. The molecular weight excluding hydrogens is 218 g/mol. The number of hydrogen-bond acceptors (Lipinski definition) is 5. The first-order valence-electron chi connectivity index (χ1n) is 6.26. The van der Waals surface area contributed by atoms with Crippen molar-refractivity contribution >= 4 is 0 Å². The molecule has 5 heteroatoms. The normalized spacial score (nSPS) is 14.8. The lowest BCUT2D eigenvalue weighted by atomic mass is 10.2. The van der Waals surface area contributed by atoms with Crippen LogP contribution in [0, 0.1) is 0 Å². The molecule has 0 spiro atoms. The molecule has 1 aromatic rings. The summed E-state index contributed by atoms with van der Waals surface area (Å²) in [6.07, 6.45) is 2.85. The molecule has 0 aromatic carbocycles. The minimum Gasteiger partial charge on any atom is -0.374 e. The van der Waals surface area contributed by atoms with E-state index in [4.69, 9.17) is 9.26 Å². The fraction of sp³-hybridized carbons (Fsp3) is 0.833. The minimum absolute atomic E-state index is 0.108. The van der Waals surface area contributed by atoms with Crippen molar-refractivity contribution in [3.8, 4) is 0 Å². The lowest BCUT2D eigenvalue weighted by molar-refractivity contribution is 0.109. The van der Waals surface area contributed by atoms with Crippen LogP contribution in [0.5, 0.6) is 0 Å². The second-order valence-corrected chi connectivity index (χ2v) is 4.32. The van der Waals surface area contributed by atoms with Gasteiger partial charge in [-0.2, -0.15) is 4.98 Å². The molecule has 0 amide bonds. The average molecular weight is 241 g/mol. The van der Waals surface area contributed by atoms with Crippen molar-refractivity contribution in [1.82, 2.24) is 15.5 Å². The Morgan fingerprint density at radius 2 is 2.18 bits per heavy atom. The van der Waals surface area contributed by atoms with Gasteiger partial charge in [-0.25, -0.2) is 0 Å². The Morgan fingerprint density at radius 3 is 2.82 bits per heavy atom. The second-order valence-electron chi connectivity index (χ2n) is 4.32. The summed E-state index contributed by atoms with van der Waals surface area (Å²) in [6.45, 7) is 7.29. The van der Waals surface area contributed by atoms with Gasteiger partial charge in [0, 0.05) is 19.6 Å². The van der Waals surface area contributed by atoms with Crippen molar-refractivity contribution in [2.24, 2.45) is 0 Å². The van der Waals surface area contributed by atoms with E-state index in [1.54, 1.807) is 7.11 Å². The molecule has 2 atom stereocenters. The van der Waals surface area contributed by atoms with Crippen molar-refractivity contribution in [1.29, 1.82) is 0 Å². The summed E-state index contributed by atoms with van der Waals surface area (Å²) in [5.74, 6) is 1.31. The highest BCUT2D eigenvalue weighted by Gasteiger charge is 2.13. The number of nitrogens with zero attached hydrogens (tertiary/aromatic N) is 2. The average Bonchev–Trinajstić information content (AvgIpc) is 2.81. The van der Waals surface area contributed by atoms with E-state index in [1.165, 1.54) is 0 Å². The molecule has 1 N–H and O–H groups in total. The van der Waals surface area contributed by atoms with Gasteiger partial charge in [0.15, 0.2) is 5.82 Å². The first-order valence-corrected chi connectivity index (χ1v) is 6.26. The van der Waals surface area contributed by atoms with Crippen molar-refractivity contribution in [2.45, 2.75) is 52.2 Å². The Bertz CT molecular complexity index is 314. The molecule has 98 valence electrons. The largest absolute Gasteiger partial charge is 0.374 e. The Hall–Kier alpha value is -0.940. The van der Waals surface area contributed by atoms with Crippen molar-refractivity contribution in [3.63, 3.8) is 0 Å². The molecule has 1 heterocycles. The van der Waals surface area contributed by atoms with Crippen LogP contribution in [0.1, 0.15) is 51.4 Å². The van der Waals surface area contributed by atoms with E-state index in [-0.39, 0.29) is 6.10 Å². The van der Waals surface area contributed by atoms with E-state index in [2.05, 4.69) is 29.3 Å². The number of aromatic nitrogens is 2. The molecule has 1 aromatic heterocycles. The number of nitrogens with one attached hydrogen (secondary N) is 1. The predicted octanol–water partition coefficient (Wildman–Crippen LogP) is 2.10. The number of hydrogen-bond donors (Lipinski definition) is 1. The smallest absolute Gasteiger partial charge is 0.226 e. The van der Waals surface area contributed by atoms with Gasteiger partial charge in [0.05, 0.1) is 0 Å². The van der Waals surface area contributed by atoms with E-state index in [9.17, 15) is 0 Å². The van der Waals surface area contributed by atoms with Crippen LogP contribution >= 0.6 is 0 Å². The van der Waals surface area contributed by atoms with Crippen molar-refractivity contribution in [2.75, 3.05) is 13.7 Å². The van der Waals surface area contributed by atoms with Crippen LogP contribution in [0.4, 0.5) is 0 Å². The third-order valence-corrected chi connectivity index (χ3v) is 2.73. The van der Waals surface area contributed by atoms with Crippen LogP contribution in [0.2, 0.25) is 0 Å². The number of aryl methyl sites for hydroxylation is 1. The monoisotopic (exact) mass is 241 g/mol. The number of methoxy groups -OCH3 is 1. The van der Waals surface area contributed by atoms with Gasteiger partial charge < -0.3 is 14.6 Å². The first kappa shape index (κ1) is 14.1. The van der Waals surface area contributed by atoms with Gasteiger partial charge in [0.2, 0.25) is 5.89 Å². The Labute approximate surface area is 103 Å². The SMILES string of the molecule is CCCNC(C)CCc1nc(C(C)OC)no1. The minimum atomic E-state index is -0.108. The fourth-order valence-corrected chi connectivity index (χ4v) is 1.47. The van der Waals surface area contributed by atoms with Crippen LogP contribution in [0.3, 0.4) is 0 Å². The van der Waals surface area contributed by atoms with Gasteiger partial charge in [0.25, 0.3) is 0 Å². The molecule has 0 radical (unpaired) electrons. The summed E-state index contributed by atoms with van der Waals surface area (Å²) in [6, 6.07) is 0.477. The zero-order chi connectivity index (χ0) is 12.7. The summed E-state index contributed by atoms with van der Waals surface area (Å²) in [5, 5.41) is 7.32. The lowest BCUT2D eigenvalue weighted by Gasteiger charge is -2.10. The van der Waals surface area contributed by atoms with Gasteiger partial charge >= 0.3 is 0 Å².